The lowest BCUT2D eigenvalue weighted by Gasteiger charge is -2.14. The molecular formula is C14H18N4S. The second-order valence-corrected chi connectivity index (χ2v) is 5.57. The maximum atomic E-state index is 5.84. The first kappa shape index (κ1) is 14.0. The fraction of sp³-hybridized carbons (Fsp3) is 0.357. The van der Waals surface area contributed by atoms with Gasteiger partial charge in [0.15, 0.2) is 5.16 Å². The van der Waals surface area contributed by atoms with Gasteiger partial charge in [0, 0.05) is 24.1 Å². The van der Waals surface area contributed by atoms with Gasteiger partial charge in [0.2, 0.25) is 0 Å². The summed E-state index contributed by atoms with van der Waals surface area (Å²) < 4.78 is 0. The number of thioether (sulfide) groups is 1. The minimum atomic E-state index is 0.0858. The van der Waals surface area contributed by atoms with Gasteiger partial charge in [-0.1, -0.05) is 17.8 Å². The molecule has 2 rings (SSSR count). The zero-order valence-electron chi connectivity index (χ0n) is 11.4. The molecule has 0 aliphatic rings. The van der Waals surface area contributed by atoms with Gasteiger partial charge in [-0.3, -0.25) is 4.98 Å². The summed E-state index contributed by atoms with van der Waals surface area (Å²) in [4.78, 5) is 13.4. The Balaban J connectivity index is 2.24. The number of nitrogens with zero attached hydrogens (tertiary/aromatic N) is 3. The van der Waals surface area contributed by atoms with E-state index in [1.165, 1.54) is 0 Å². The quantitative estimate of drug-likeness (QED) is 0.685. The van der Waals surface area contributed by atoms with E-state index in [4.69, 9.17) is 5.73 Å². The largest absolute Gasteiger partial charge is 0.329 e. The molecule has 0 bridgehead atoms. The Hall–Kier alpha value is -1.46. The van der Waals surface area contributed by atoms with Crippen molar-refractivity contribution in [1.82, 2.24) is 15.0 Å². The molecule has 0 saturated carbocycles. The molecule has 0 aliphatic carbocycles. The van der Waals surface area contributed by atoms with Crippen molar-refractivity contribution in [3.63, 3.8) is 0 Å². The van der Waals surface area contributed by atoms with Crippen molar-refractivity contribution in [3.8, 4) is 0 Å². The molecule has 0 radical (unpaired) electrons. The average molecular weight is 274 g/mol. The smallest absolute Gasteiger partial charge is 0.188 e. The van der Waals surface area contributed by atoms with Crippen LogP contribution in [0.5, 0.6) is 0 Å². The predicted octanol–water partition coefficient (Wildman–Crippen LogP) is 2.59. The Morgan fingerprint density at radius 1 is 1.16 bits per heavy atom. The third-order valence-electron chi connectivity index (χ3n) is 3.09. The molecule has 2 aromatic heterocycles. The minimum absolute atomic E-state index is 0.0858. The molecule has 0 fully saturated rings. The molecule has 2 heterocycles. The highest BCUT2D eigenvalue weighted by Crippen LogP contribution is 2.31. The zero-order valence-corrected chi connectivity index (χ0v) is 12.2. The molecule has 0 saturated heterocycles. The van der Waals surface area contributed by atoms with Crippen molar-refractivity contribution in [3.05, 3.63) is 47.0 Å². The minimum Gasteiger partial charge on any atom is -0.329 e. The number of nitrogens with two attached hydrogens (primary N) is 1. The summed E-state index contributed by atoms with van der Waals surface area (Å²) in [5.41, 5.74) is 9.99. The molecule has 0 amide bonds. The second-order valence-electron chi connectivity index (χ2n) is 4.40. The van der Waals surface area contributed by atoms with E-state index in [0.29, 0.717) is 6.54 Å². The molecule has 100 valence electrons. The van der Waals surface area contributed by atoms with E-state index in [0.717, 1.165) is 27.8 Å². The SMILES string of the molecule is Cc1nc(SC(CN)c2ccccn2)nc(C)c1C. The number of pyridine rings is 1. The number of aromatic nitrogens is 3. The molecule has 2 N–H and O–H groups in total. The van der Waals surface area contributed by atoms with Crippen LogP contribution >= 0.6 is 11.8 Å². The summed E-state index contributed by atoms with van der Waals surface area (Å²) in [6.45, 7) is 6.56. The highest BCUT2D eigenvalue weighted by atomic mass is 32.2. The van der Waals surface area contributed by atoms with Gasteiger partial charge in [0.1, 0.15) is 0 Å². The first-order valence-corrected chi connectivity index (χ1v) is 7.09. The van der Waals surface area contributed by atoms with Crippen molar-refractivity contribution in [2.45, 2.75) is 31.2 Å². The maximum absolute atomic E-state index is 5.84. The highest BCUT2D eigenvalue weighted by Gasteiger charge is 2.15. The van der Waals surface area contributed by atoms with Crippen LogP contribution in [0.15, 0.2) is 29.6 Å². The van der Waals surface area contributed by atoms with E-state index in [9.17, 15) is 0 Å². The summed E-state index contributed by atoms with van der Waals surface area (Å²) in [5.74, 6) is 0. The van der Waals surface area contributed by atoms with Crippen LogP contribution in [0.3, 0.4) is 0 Å². The lowest BCUT2D eigenvalue weighted by molar-refractivity contribution is 0.852. The van der Waals surface area contributed by atoms with Crippen LogP contribution in [0.25, 0.3) is 0 Å². The van der Waals surface area contributed by atoms with E-state index in [1.807, 2.05) is 39.0 Å². The van der Waals surface area contributed by atoms with Gasteiger partial charge in [0.25, 0.3) is 0 Å². The molecular weight excluding hydrogens is 256 g/mol. The molecule has 5 heteroatoms. The molecule has 1 atom stereocenters. The third-order valence-corrected chi connectivity index (χ3v) is 4.20. The van der Waals surface area contributed by atoms with E-state index in [2.05, 4.69) is 15.0 Å². The van der Waals surface area contributed by atoms with Crippen molar-refractivity contribution in [1.29, 1.82) is 0 Å². The van der Waals surface area contributed by atoms with Crippen molar-refractivity contribution in [2.75, 3.05) is 6.54 Å². The van der Waals surface area contributed by atoms with Crippen molar-refractivity contribution < 1.29 is 0 Å². The summed E-state index contributed by atoms with van der Waals surface area (Å²) in [5, 5.41) is 0.851. The normalized spacial score (nSPS) is 12.4. The summed E-state index contributed by atoms with van der Waals surface area (Å²) in [6, 6.07) is 5.86. The summed E-state index contributed by atoms with van der Waals surface area (Å²) in [7, 11) is 0. The predicted molar refractivity (Wildman–Crippen MR) is 78.1 cm³/mol. The van der Waals surface area contributed by atoms with Gasteiger partial charge < -0.3 is 5.73 Å². The number of rotatable bonds is 4. The standard InChI is InChI=1S/C14H18N4S/c1-9-10(2)17-14(18-11(9)3)19-13(8-15)12-6-4-5-7-16-12/h4-7,13H,8,15H2,1-3H3. The number of hydrogen-bond acceptors (Lipinski definition) is 5. The van der Waals surface area contributed by atoms with Crippen LogP contribution in [0.2, 0.25) is 0 Å². The first-order valence-electron chi connectivity index (χ1n) is 6.21. The van der Waals surface area contributed by atoms with Crippen LogP contribution in [0, 0.1) is 20.8 Å². The summed E-state index contributed by atoms with van der Waals surface area (Å²) in [6.07, 6.45) is 1.78. The van der Waals surface area contributed by atoms with E-state index in [1.54, 1.807) is 18.0 Å². The Morgan fingerprint density at radius 2 is 1.84 bits per heavy atom. The van der Waals surface area contributed by atoms with Gasteiger partial charge in [-0.05, 0) is 38.5 Å². The van der Waals surface area contributed by atoms with Gasteiger partial charge >= 0.3 is 0 Å². The second kappa shape index (κ2) is 6.12. The van der Waals surface area contributed by atoms with E-state index in [-0.39, 0.29) is 5.25 Å². The third kappa shape index (κ3) is 3.30. The lowest BCUT2D eigenvalue weighted by Crippen LogP contribution is -2.11. The van der Waals surface area contributed by atoms with Gasteiger partial charge in [-0.25, -0.2) is 9.97 Å². The first-order chi connectivity index (χ1) is 9.11. The van der Waals surface area contributed by atoms with Crippen molar-refractivity contribution in [2.24, 2.45) is 5.73 Å². The van der Waals surface area contributed by atoms with Crippen LogP contribution < -0.4 is 5.73 Å². The topological polar surface area (TPSA) is 64.7 Å². The van der Waals surface area contributed by atoms with E-state index >= 15 is 0 Å². The van der Waals surface area contributed by atoms with Crippen molar-refractivity contribution >= 4 is 11.8 Å². The number of aryl methyl sites for hydroxylation is 2. The summed E-state index contributed by atoms with van der Waals surface area (Å²) >= 11 is 1.57. The van der Waals surface area contributed by atoms with Crippen LogP contribution in [-0.2, 0) is 0 Å². The molecule has 0 spiro atoms. The number of hydrogen-bond donors (Lipinski definition) is 1. The van der Waals surface area contributed by atoms with Crippen LogP contribution in [0.1, 0.15) is 27.9 Å². The lowest BCUT2D eigenvalue weighted by atomic mass is 10.2. The molecule has 19 heavy (non-hydrogen) atoms. The fourth-order valence-corrected chi connectivity index (χ4v) is 2.71. The molecule has 4 nitrogen and oxygen atoms in total. The average Bonchev–Trinajstić information content (AvgIpc) is 2.43. The fourth-order valence-electron chi connectivity index (χ4n) is 1.72. The molecule has 1 unspecified atom stereocenters. The molecule has 0 aromatic carbocycles. The Morgan fingerprint density at radius 3 is 2.37 bits per heavy atom. The zero-order chi connectivity index (χ0) is 13.8. The monoisotopic (exact) mass is 274 g/mol. The van der Waals surface area contributed by atoms with Gasteiger partial charge in [-0.15, -0.1) is 0 Å². The molecule has 2 aromatic rings. The maximum Gasteiger partial charge on any atom is 0.188 e. The highest BCUT2D eigenvalue weighted by molar-refractivity contribution is 7.99. The Labute approximate surface area is 117 Å². The van der Waals surface area contributed by atoms with Crippen LogP contribution in [0.4, 0.5) is 0 Å². The Kier molecular flexibility index (Phi) is 4.50. The molecule has 0 aliphatic heterocycles. The Bertz CT molecular complexity index is 534. The van der Waals surface area contributed by atoms with Crippen LogP contribution in [-0.4, -0.2) is 21.5 Å². The van der Waals surface area contributed by atoms with Gasteiger partial charge in [0.05, 0.1) is 10.9 Å². The van der Waals surface area contributed by atoms with Gasteiger partial charge in [-0.2, -0.15) is 0 Å². The van der Waals surface area contributed by atoms with E-state index < -0.39 is 0 Å².